The number of hydrogen-bond acceptors (Lipinski definition) is 2. The number of benzene rings is 1. The smallest absolute Gasteiger partial charge is 0.416 e. The topological polar surface area (TPSA) is 66.4 Å². The second kappa shape index (κ2) is 6.48. The molecule has 1 aromatic rings. The molecule has 0 spiro atoms. The van der Waals surface area contributed by atoms with E-state index in [2.05, 4.69) is 5.32 Å². The lowest BCUT2D eigenvalue weighted by Crippen LogP contribution is -2.39. The molecule has 0 aromatic heterocycles. The summed E-state index contributed by atoms with van der Waals surface area (Å²) < 4.78 is 75.7. The molecule has 0 heterocycles. The van der Waals surface area contributed by atoms with E-state index in [1.54, 1.807) is 0 Å². The summed E-state index contributed by atoms with van der Waals surface area (Å²) in [5, 5.41) is 11.2. The van der Waals surface area contributed by atoms with E-state index >= 15 is 0 Å². The van der Waals surface area contributed by atoms with E-state index < -0.39 is 60.0 Å². The fourth-order valence-electron chi connectivity index (χ4n) is 2.75. The fourth-order valence-corrected chi connectivity index (χ4v) is 2.75. The van der Waals surface area contributed by atoms with Gasteiger partial charge < -0.3 is 10.4 Å². The molecule has 1 unspecified atom stereocenters. The van der Waals surface area contributed by atoms with Crippen molar-refractivity contribution in [1.82, 2.24) is 5.32 Å². The number of carboxylic acids is 1. The zero-order chi connectivity index (χ0) is 19.9. The van der Waals surface area contributed by atoms with Crippen LogP contribution in [0.4, 0.5) is 26.3 Å². The average molecular weight is 383 g/mol. The minimum absolute atomic E-state index is 0.225. The van der Waals surface area contributed by atoms with E-state index in [9.17, 15) is 35.9 Å². The number of carbonyl (C=O) groups excluding carboxylic acids is 1. The highest BCUT2D eigenvalue weighted by atomic mass is 19.4. The van der Waals surface area contributed by atoms with Crippen LogP contribution in [0.5, 0.6) is 0 Å². The molecule has 1 saturated carbocycles. The second-order valence-corrected chi connectivity index (χ2v) is 6.32. The van der Waals surface area contributed by atoms with Crippen LogP contribution in [0, 0.1) is 11.3 Å². The van der Waals surface area contributed by atoms with Gasteiger partial charge in [0.1, 0.15) is 0 Å². The van der Waals surface area contributed by atoms with Crippen LogP contribution in [0.2, 0.25) is 0 Å². The summed E-state index contributed by atoms with van der Waals surface area (Å²) in [6, 6.07) is 3.77. The van der Waals surface area contributed by atoms with Gasteiger partial charge in [0.25, 0.3) is 0 Å². The highest BCUT2D eigenvalue weighted by molar-refractivity contribution is 5.85. The van der Waals surface area contributed by atoms with Crippen molar-refractivity contribution in [3.63, 3.8) is 0 Å². The predicted molar refractivity (Wildman–Crippen MR) is 77.1 cm³/mol. The average Bonchev–Trinajstić information content (AvgIpc) is 3.28. The van der Waals surface area contributed by atoms with Crippen molar-refractivity contribution in [3.8, 4) is 0 Å². The van der Waals surface area contributed by atoms with Crippen molar-refractivity contribution in [2.75, 3.05) is 6.54 Å². The molecule has 1 aliphatic rings. The van der Waals surface area contributed by atoms with Gasteiger partial charge in [-0.2, -0.15) is 26.3 Å². The monoisotopic (exact) mass is 383 g/mol. The molecule has 0 bridgehead atoms. The van der Waals surface area contributed by atoms with E-state index in [0.29, 0.717) is 0 Å². The minimum atomic E-state index is -4.68. The van der Waals surface area contributed by atoms with Crippen LogP contribution in [0.25, 0.3) is 0 Å². The van der Waals surface area contributed by atoms with Gasteiger partial charge in [0.15, 0.2) is 0 Å². The van der Waals surface area contributed by atoms with Gasteiger partial charge in [-0.05, 0) is 31.0 Å². The molecular formula is C16H15F6NO3. The third kappa shape index (κ3) is 3.94. The van der Waals surface area contributed by atoms with Gasteiger partial charge in [-0.1, -0.05) is 12.1 Å². The summed E-state index contributed by atoms with van der Waals surface area (Å²) in [6.45, 7) is 0.663. The first-order valence-electron chi connectivity index (χ1n) is 7.54. The third-order valence-corrected chi connectivity index (χ3v) is 4.61. The number of amides is 1. The number of hydrogen-bond donors (Lipinski definition) is 2. The molecular weight excluding hydrogens is 368 g/mol. The Bertz CT molecular complexity index is 697. The van der Waals surface area contributed by atoms with Gasteiger partial charge in [0.2, 0.25) is 5.91 Å². The van der Waals surface area contributed by atoms with Crippen LogP contribution >= 0.6 is 0 Å². The van der Waals surface area contributed by atoms with Gasteiger partial charge >= 0.3 is 18.3 Å². The lowest BCUT2D eigenvalue weighted by Gasteiger charge is -2.18. The zero-order valence-corrected chi connectivity index (χ0v) is 13.4. The second-order valence-electron chi connectivity index (χ2n) is 6.32. The Morgan fingerprint density at radius 3 is 2.12 bits per heavy atom. The maximum absolute atomic E-state index is 12.7. The molecule has 1 fully saturated rings. The molecule has 4 nitrogen and oxygen atoms in total. The SMILES string of the molecule is CC(C(=O)NC[C@]1(C(=O)O)C[C@@H]1C(F)(F)F)c1ccc(C(F)(F)F)cc1. The molecule has 10 heteroatoms. The van der Waals surface area contributed by atoms with Crippen molar-refractivity contribution in [2.24, 2.45) is 11.3 Å². The van der Waals surface area contributed by atoms with E-state index in [0.717, 1.165) is 24.3 Å². The molecule has 1 aromatic carbocycles. The summed E-state index contributed by atoms with van der Waals surface area (Å²) in [4.78, 5) is 23.2. The summed E-state index contributed by atoms with van der Waals surface area (Å²) >= 11 is 0. The van der Waals surface area contributed by atoms with Crippen molar-refractivity contribution in [3.05, 3.63) is 35.4 Å². The van der Waals surface area contributed by atoms with Gasteiger partial charge in [0.05, 0.1) is 22.8 Å². The van der Waals surface area contributed by atoms with Crippen molar-refractivity contribution in [1.29, 1.82) is 0 Å². The van der Waals surface area contributed by atoms with Crippen molar-refractivity contribution >= 4 is 11.9 Å². The highest BCUT2D eigenvalue weighted by Crippen LogP contribution is 2.60. The maximum atomic E-state index is 12.7. The molecule has 0 saturated heterocycles. The van der Waals surface area contributed by atoms with E-state index in [-0.39, 0.29) is 5.56 Å². The molecule has 2 rings (SSSR count). The van der Waals surface area contributed by atoms with E-state index in [1.807, 2.05) is 0 Å². The Kier molecular flexibility index (Phi) is 5.00. The summed E-state index contributed by atoms with van der Waals surface area (Å²) in [5.74, 6) is -5.40. The zero-order valence-electron chi connectivity index (χ0n) is 13.4. The van der Waals surface area contributed by atoms with Gasteiger partial charge in [-0.25, -0.2) is 0 Å². The first-order chi connectivity index (χ1) is 11.8. The molecule has 1 amide bonds. The minimum Gasteiger partial charge on any atom is -0.481 e. The number of aliphatic carboxylic acids is 1. The Labute approximate surface area is 144 Å². The first kappa shape index (κ1) is 20.1. The largest absolute Gasteiger partial charge is 0.481 e. The normalized spacial score (nSPS) is 24.0. The first-order valence-corrected chi connectivity index (χ1v) is 7.54. The summed E-state index contributed by atoms with van der Waals surface area (Å²) in [5.41, 5.74) is -2.76. The number of alkyl halides is 6. The van der Waals surface area contributed by atoms with Crippen LogP contribution in [-0.2, 0) is 15.8 Å². The fraction of sp³-hybridized carbons (Fsp3) is 0.500. The van der Waals surface area contributed by atoms with Crippen LogP contribution < -0.4 is 5.32 Å². The van der Waals surface area contributed by atoms with Crippen molar-refractivity contribution in [2.45, 2.75) is 31.6 Å². The lowest BCUT2D eigenvalue weighted by atomic mass is 9.98. The van der Waals surface area contributed by atoms with Crippen LogP contribution in [0.1, 0.15) is 30.4 Å². The van der Waals surface area contributed by atoms with Gasteiger partial charge in [0, 0.05) is 6.54 Å². The molecule has 2 N–H and O–H groups in total. The third-order valence-electron chi connectivity index (χ3n) is 4.61. The standard InChI is InChI=1S/C16H15F6NO3/c1-8(9-2-4-10(5-3-9)15(17,18)19)12(24)23-7-14(13(25)26)6-11(14)16(20,21)22/h2-5,8,11H,6-7H2,1H3,(H,23,24)(H,25,26)/t8?,11-,14+/m0/s1. The number of rotatable bonds is 5. The molecule has 144 valence electrons. The highest BCUT2D eigenvalue weighted by Gasteiger charge is 2.71. The number of carbonyl (C=O) groups is 2. The van der Waals surface area contributed by atoms with Crippen LogP contribution in [-0.4, -0.2) is 29.7 Å². The van der Waals surface area contributed by atoms with Crippen LogP contribution in [0.3, 0.4) is 0 Å². The quantitative estimate of drug-likeness (QED) is 0.764. The Morgan fingerprint density at radius 1 is 1.19 bits per heavy atom. The molecule has 3 atom stereocenters. The summed E-state index contributed by atoms with van der Waals surface area (Å²) in [6.07, 6.45) is -9.83. The summed E-state index contributed by atoms with van der Waals surface area (Å²) in [7, 11) is 0. The Morgan fingerprint density at radius 2 is 1.73 bits per heavy atom. The molecule has 26 heavy (non-hydrogen) atoms. The lowest BCUT2D eigenvalue weighted by molar-refractivity contribution is -0.168. The predicted octanol–water partition coefficient (Wildman–Crippen LogP) is 3.58. The van der Waals surface area contributed by atoms with Crippen molar-refractivity contribution < 1.29 is 41.0 Å². The number of carboxylic acid groups (broad SMARTS) is 1. The van der Waals surface area contributed by atoms with Crippen LogP contribution in [0.15, 0.2) is 24.3 Å². The molecule has 0 aliphatic heterocycles. The van der Waals surface area contributed by atoms with E-state index in [1.165, 1.54) is 6.92 Å². The number of nitrogens with one attached hydrogen (secondary N) is 1. The van der Waals surface area contributed by atoms with Gasteiger partial charge in [-0.3, -0.25) is 9.59 Å². The molecule has 0 radical (unpaired) electrons. The Hall–Kier alpha value is -2.26. The van der Waals surface area contributed by atoms with E-state index in [4.69, 9.17) is 5.11 Å². The molecule has 1 aliphatic carbocycles. The maximum Gasteiger partial charge on any atom is 0.416 e. The number of halogens is 6. The van der Waals surface area contributed by atoms with Gasteiger partial charge in [-0.15, -0.1) is 0 Å². The Balaban J connectivity index is 2.02.